The molecule has 0 spiro atoms. The number of hydrogen-bond acceptors (Lipinski definition) is 2. The lowest BCUT2D eigenvalue weighted by Gasteiger charge is -2.21. The van der Waals surface area contributed by atoms with E-state index >= 15 is 0 Å². The Bertz CT molecular complexity index is 407. The van der Waals surface area contributed by atoms with Gasteiger partial charge >= 0.3 is 5.97 Å². The van der Waals surface area contributed by atoms with Crippen LogP contribution in [-0.4, -0.2) is 20.6 Å². The molecule has 1 fully saturated rings. The van der Waals surface area contributed by atoms with E-state index in [1.165, 1.54) is 18.7 Å². The summed E-state index contributed by atoms with van der Waals surface area (Å²) in [5.41, 5.74) is 1.11. The van der Waals surface area contributed by atoms with Gasteiger partial charge in [0.1, 0.15) is 5.82 Å². The Morgan fingerprint density at radius 3 is 2.93 bits per heavy atom. The number of imidazole rings is 1. The summed E-state index contributed by atoms with van der Waals surface area (Å²) in [7, 11) is 0. The van der Waals surface area contributed by atoms with Crippen molar-refractivity contribution in [1.82, 2.24) is 9.55 Å². The molecule has 0 amide bonds. The first-order chi connectivity index (χ1) is 7.25. The van der Waals surface area contributed by atoms with Crippen molar-refractivity contribution in [3.63, 3.8) is 0 Å². The summed E-state index contributed by atoms with van der Waals surface area (Å²) in [5, 5.41) is 8.96. The minimum Gasteiger partial charge on any atom is -0.481 e. The van der Waals surface area contributed by atoms with Crippen molar-refractivity contribution in [2.75, 3.05) is 0 Å². The van der Waals surface area contributed by atoms with Gasteiger partial charge in [0, 0.05) is 30.8 Å². The molecule has 0 aromatic carbocycles. The van der Waals surface area contributed by atoms with Crippen LogP contribution < -0.4 is 0 Å². The maximum absolute atomic E-state index is 10.9. The summed E-state index contributed by atoms with van der Waals surface area (Å²) in [5.74, 6) is 0.964. The van der Waals surface area contributed by atoms with Gasteiger partial charge in [-0.15, -0.1) is 0 Å². The predicted molar refractivity (Wildman–Crippen MR) is 53.6 cm³/mol. The molecule has 1 unspecified atom stereocenters. The van der Waals surface area contributed by atoms with E-state index in [4.69, 9.17) is 5.11 Å². The van der Waals surface area contributed by atoms with E-state index in [2.05, 4.69) is 9.55 Å². The highest BCUT2D eigenvalue weighted by Crippen LogP contribution is 2.40. The molecule has 1 atom stereocenters. The van der Waals surface area contributed by atoms with Crippen molar-refractivity contribution in [3.8, 4) is 0 Å². The van der Waals surface area contributed by atoms with Gasteiger partial charge < -0.3 is 9.67 Å². The third-order valence-corrected chi connectivity index (χ3v) is 3.42. The minimum atomic E-state index is -0.671. The van der Waals surface area contributed by atoms with Gasteiger partial charge in [0.15, 0.2) is 0 Å². The van der Waals surface area contributed by atoms with Crippen molar-refractivity contribution in [2.45, 2.75) is 38.1 Å². The van der Waals surface area contributed by atoms with Crippen LogP contribution in [0, 0.1) is 5.92 Å². The average Bonchev–Trinajstić information content (AvgIpc) is 2.98. The maximum atomic E-state index is 10.9. The summed E-state index contributed by atoms with van der Waals surface area (Å²) in [6.07, 6.45) is 5.76. The Labute approximate surface area is 87.9 Å². The molecule has 1 N–H and O–H groups in total. The molecule has 1 aromatic heterocycles. The smallest absolute Gasteiger partial charge is 0.306 e. The van der Waals surface area contributed by atoms with Gasteiger partial charge in [-0.2, -0.15) is 0 Å². The molecule has 0 saturated heterocycles. The van der Waals surface area contributed by atoms with Crippen LogP contribution in [0.25, 0.3) is 0 Å². The van der Waals surface area contributed by atoms with Gasteiger partial charge in [-0.25, -0.2) is 4.98 Å². The third-order valence-electron chi connectivity index (χ3n) is 3.42. The van der Waals surface area contributed by atoms with Crippen molar-refractivity contribution >= 4 is 5.97 Å². The van der Waals surface area contributed by atoms with Crippen LogP contribution in [0.15, 0.2) is 6.20 Å². The first-order valence-corrected chi connectivity index (χ1v) is 5.53. The van der Waals surface area contributed by atoms with E-state index in [-0.39, 0.29) is 5.92 Å². The van der Waals surface area contributed by atoms with Crippen LogP contribution in [0.5, 0.6) is 0 Å². The Balaban J connectivity index is 1.88. The standard InChI is InChI=1S/C11H14N2O2/c14-11(15)8-3-4-13-9(5-8)6-12-10(13)7-1-2-7/h6-8H,1-5H2,(H,14,15). The van der Waals surface area contributed by atoms with Crippen LogP contribution in [0.4, 0.5) is 0 Å². The second-order valence-electron chi connectivity index (χ2n) is 4.56. The number of carboxylic acid groups (broad SMARTS) is 1. The first-order valence-electron chi connectivity index (χ1n) is 5.53. The van der Waals surface area contributed by atoms with Crippen LogP contribution in [-0.2, 0) is 17.8 Å². The van der Waals surface area contributed by atoms with E-state index < -0.39 is 5.97 Å². The van der Waals surface area contributed by atoms with Crippen molar-refractivity contribution in [3.05, 3.63) is 17.7 Å². The zero-order valence-corrected chi connectivity index (χ0v) is 8.52. The van der Waals surface area contributed by atoms with E-state index in [1.54, 1.807) is 0 Å². The average molecular weight is 206 g/mol. The van der Waals surface area contributed by atoms with Crippen LogP contribution in [0.2, 0.25) is 0 Å². The van der Waals surface area contributed by atoms with E-state index in [0.29, 0.717) is 12.3 Å². The predicted octanol–water partition coefficient (Wildman–Crippen LogP) is 1.41. The topological polar surface area (TPSA) is 55.1 Å². The number of hydrogen-bond donors (Lipinski definition) is 1. The molecule has 4 heteroatoms. The molecule has 15 heavy (non-hydrogen) atoms. The molecular weight excluding hydrogens is 192 g/mol. The molecule has 2 aliphatic rings. The molecule has 1 aliphatic heterocycles. The Kier molecular flexibility index (Phi) is 1.84. The Morgan fingerprint density at radius 1 is 1.47 bits per heavy atom. The number of nitrogens with zero attached hydrogens (tertiary/aromatic N) is 2. The fraction of sp³-hybridized carbons (Fsp3) is 0.636. The molecule has 1 saturated carbocycles. The van der Waals surface area contributed by atoms with Crippen molar-refractivity contribution < 1.29 is 9.90 Å². The highest BCUT2D eigenvalue weighted by molar-refractivity contribution is 5.70. The summed E-state index contributed by atoms with van der Waals surface area (Å²) < 4.78 is 2.23. The number of aliphatic carboxylic acids is 1. The van der Waals surface area contributed by atoms with Crippen molar-refractivity contribution in [2.24, 2.45) is 5.92 Å². The van der Waals surface area contributed by atoms with Gasteiger partial charge in [0.25, 0.3) is 0 Å². The van der Waals surface area contributed by atoms with E-state index in [9.17, 15) is 4.79 Å². The lowest BCUT2D eigenvalue weighted by Crippen LogP contribution is -2.25. The number of carbonyl (C=O) groups is 1. The van der Waals surface area contributed by atoms with Gasteiger partial charge in [0.05, 0.1) is 5.92 Å². The summed E-state index contributed by atoms with van der Waals surface area (Å²) in [6.45, 7) is 0.831. The molecule has 1 aromatic rings. The maximum Gasteiger partial charge on any atom is 0.306 e. The van der Waals surface area contributed by atoms with Gasteiger partial charge in [-0.3, -0.25) is 4.79 Å². The molecule has 1 aliphatic carbocycles. The quantitative estimate of drug-likeness (QED) is 0.795. The molecule has 4 nitrogen and oxygen atoms in total. The molecule has 0 bridgehead atoms. The lowest BCUT2D eigenvalue weighted by atomic mass is 9.96. The fourth-order valence-electron chi connectivity index (χ4n) is 2.37. The minimum absolute atomic E-state index is 0.207. The molecular formula is C11H14N2O2. The van der Waals surface area contributed by atoms with Gasteiger partial charge in [-0.05, 0) is 19.3 Å². The zero-order valence-electron chi connectivity index (χ0n) is 8.52. The summed E-state index contributed by atoms with van der Waals surface area (Å²) >= 11 is 0. The molecule has 3 rings (SSSR count). The number of fused-ring (bicyclic) bond motifs is 1. The Hall–Kier alpha value is -1.32. The van der Waals surface area contributed by atoms with Gasteiger partial charge in [-0.1, -0.05) is 0 Å². The second kappa shape index (κ2) is 3.08. The highest BCUT2D eigenvalue weighted by Gasteiger charge is 2.32. The van der Waals surface area contributed by atoms with E-state index in [1.807, 2.05) is 6.20 Å². The summed E-state index contributed by atoms with van der Waals surface area (Å²) in [6, 6.07) is 0. The highest BCUT2D eigenvalue weighted by atomic mass is 16.4. The van der Waals surface area contributed by atoms with Crippen LogP contribution >= 0.6 is 0 Å². The lowest BCUT2D eigenvalue weighted by molar-refractivity contribution is -0.142. The molecule has 0 radical (unpaired) electrons. The largest absolute Gasteiger partial charge is 0.481 e. The third kappa shape index (κ3) is 1.44. The fourth-order valence-corrected chi connectivity index (χ4v) is 2.37. The molecule has 2 heterocycles. The summed E-state index contributed by atoms with van der Waals surface area (Å²) in [4.78, 5) is 15.3. The van der Waals surface area contributed by atoms with Crippen molar-refractivity contribution in [1.29, 1.82) is 0 Å². The van der Waals surface area contributed by atoms with Crippen LogP contribution in [0.3, 0.4) is 0 Å². The second-order valence-corrected chi connectivity index (χ2v) is 4.56. The van der Waals surface area contributed by atoms with E-state index in [0.717, 1.165) is 18.7 Å². The monoisotopic (exact) mass is 206 g/mol. The van der Waals surface area contributed by atoms with Crippen LogP contribution in [0.1, 0.15) is 36.7 Å². The normalized spacial score (nSPS) is 24.9. The first kappa shape index (κ1) is 8.95. The zero-order chi connectivity index (χ0) is 10.4. The SMILES string of the molecule is O=C(O)C1CCn2c(cnc2C2CC2)C1. The number of rotatable bonds is 2. The number of aromatic nitrogens is 2. The number of carboxylic acids is 1. The molecule has 80 valence electrons. The van der Waals surface area contributed by atoms with Gasteiger partial charge in [0.2, 0.25) is 0 Å². The Morgan fingerprint density at radius 2 is 2.27 bits per heavy atom.